The van der Waals surface area contributed by atoms with Crippen LogP contribution in [-0.4, -0.2) is 15.0 Å². The van der Waals surface area contributed by atoms with Gasteiger partial charge < -0.3 is 4.42 Å². The van der Waals surface area contributed by atoms with Crippen LogP contribution >= 0.6 is 0 Å². The number of furan rings is 1. The van der Waals surface area contributed by atoms with Gasteiger partial charge in [0, 0.05) is 27.5 Å². The summed E-state index contributed by atoms with van der Waals surface area (Å²) < 4.78 is 6.26. The summed E-state index contributed by atoms with van der Waals surface area (Å²) in [7, 11) is 0. The first-order chi connectivity index (χ1) is 26.3. The van der Waals surface area contributed by atoms with E-state index in [1.54, 1.807) is 0 Å². The Morgan fingerprint density at radius 1 is 0.264 bits per heavy atom. The molecule has 10 rings (SSSR count). The molecule has 0 aliphatic heterocycles. The number of benzene rings is 8. The van der Waals surface area contributed by atoms with Gasteiger partial charge in [0.05, 0.1) is 0 Å². The third-order valence-electron chi connectivity index (χ3n) is 9.99. The third kappa shape index (κ3) is 5.54. The quantitative estimate of drug-likeness (QED) is 0.176. The summed E-state index contributed by atoms with van der Waals surface area (Å²) in [6.07, 6.45) is 0. The van der Waals surface area contributed by atoms with E-state index in [1.807, 2.05) is 54.6 Å². The summed E-state index contributed by atoms with van der Waals surface area (Å²) in [5.41, 5.74) is 11.5. The summed E-state index contributed by atoms with van der Waals surface area (Å²) in [5, 5.41) is 4.41. The van der Waals surface area contributed by atoms with Gasteiger partial charge in [-0.3, -0.25) is 0 Å². The Morgan fingerprint density at radius 3 is 1.34 bits per heavy atom. The SMILES string of the molecule is c1ccc(-c2ccc(-c3ccc(-c4nc(-c5ccccc5)nc(-c5cccc6c(-c7cccc8oc9ccccc9c78)cccc56)n4)cc3)cc2)cc1. The fourth-order valence-electron chi connectivity index (χ4n) is 7.38. The summed E-state index contributed by atoms with van der Waals surface area (Å²) in [6.45, 7) is 0. The zero-order valence-electron chi connectivity index (χ0n) is 28.6. The van der Waals surface area contributed by atoms with Crippen LogP contribution in [0.25, 0.3) is 100 Å². The molecular weight excluding hydrogens is 647 g/mol. The van der Waals surface area contributed by atoms with Gasteiger partial charge in [0.15, 0.2) is 17.5 Å². The van der Waals surface area contributed by atoms with Crippen molar-refractivity contribution in [3.05, 3.63) is 188 Å². The van der Waals surface area contributed by atoms with Gasteiger partial charge in [-0.15, -0.1) is 0 Å². The minimum Gasteiger partial charge on any atom is -0.456 e. The van der Waals surface area contributed by atoms with Gasteiger partial charge in [-0.05, 0) is 56.3 Å². The Hall–Kier alpha value is -7.17. The van der Waals surface area contributed by atoms with E-state index < -0.39 is 0 Å². The van der Waals surface area contributed by atoms with Crippen molar-refractivity contribution < 1.29 is 4.42 Å². The molecule has 0 amide bonds. The standard InChI is InChI=1S/C49H31N3O/c1-3-12-32(13-4-1)33-24-26-34(27-25-33)35-28-30-37(31-29-35)48-50-47(36-14-5-2-6-15-36)51-49(52-48)42-21-10-17-38-39(18-9-19-40(38)42)41-20-11-23-45-46(41)43-16-7-8-22-44(43)53-45/h1-31H. The van der Waals surface area contributed by atoms with E-state index >= 15 is 0 Å². The molecule has 0 unspecified atom stereocenters. The van der Waals surface area contributed by atoms with E-state index in [0.29, 0.717) is 17.5 Å². The van der Waals surface area contributed by atoms with Gasteiger partial charge in [0.1, 0.15) is 11.2 Å². The van der Waals surface area contributed by atoms with E-state index in [-0.39, 0.29) is 0 Å². The third-order valence-corrected chi connectivity index (χ3v) is 9.99. The normalized spacial score (nSPS) is 11.4. The van der Waals surface area contributed by atoms with E-state index in [9.17, 15) is 0 Å². The Labute approximate surface area is 306 Å². The van der Waals surface area contributed by atoms with Gasteiger partial charge in [-0.1, -0.05) is 176 Å². The summed E-state index contributed by atoms with van der Waals surface area (Å²) >= 11 is 0. The summed E-state index contributed by atoms with van der Waals surface area (Å²) in [5.74, 6) is 1.89. The van der Waals surface area contributed by atoms with Crippen molar-refractivity contribution in [2.24, 2.45) is 0 Å². The molecule has 0 aliphatic carbocycles. The zero-order valence-corrected chi connectivity index (χ0v) is 28.6. The highest BCUT2D eigenvalue weighted by molar-refractivity contribution is 6.16. The number of hydrogen-bond acceptors (Lipinski definition) is 4. The van der Waals surface area contributed by atoms with Gasteiger partial charge in [0.2, 0.25) is 0 Å². The smallest absolute Gasteiger partial charge is 0.164 e. The van der Waals surface area contributed by atoms with Gasteiger partial charge in [-0.25, -0.2) is 15.0 Å². The van der Waals surface area contributed by atoms with Crippen LogP contribution in [0.15, 0.2) is 192 Å². The molecule has 2 heterocycles. The Kier molecular flexibility index (Phi) is 7.43. The van der Waals surface area contributed by atoms with Crippen LogP contribution in [0.3, 0.4) is 0 Å². The van der Waals surface area contributed by atoms with Crippen LogP contribution in [0.4, 0.5) is 0 Å². The van der Waals surface area contributed by atoms with Crippen molar-refractivity contribution in [3.63, 3.8) is 0 Å². The first-order valence-corrected chi connectivity index (χ1v) is 17.8. The second kappa shape index (κ2) is 12.9. The maximum Gasteiger partial charge on any atom is 0.164 e. The fraction of sp³-hybridized carbons (Fsp3) is 0. The molecule has 2 aromatic heterocycles. The van der Waals surface area contributed by atoms with Crippen LogP contribution in [0.2, 0.25) is 0 Å². The van der Waals surface area contributed by atoms with Gasteiger partial charge in [0.25, 0.3) is 0 Å². The maximum absolute atomic E-state index is 6.26. The molecule has 248 valence electrons. The predicted molar refractivity (Wildman–Crippen MR) is 217 cm³/mol. The molecule has 0 bridgehead atoms. The van der Waals surface area contributed by atoms with E-state index in [1.165, 1.54) is 11.1 Å². The zero-order chi connectivity index (χ0) is 35.1. The maximum atomic E-state index is 6.26. The molecule has 0 atom stereocenters. The molecule has 0 saturated carbocycles. The van der Waals surface area contributed by atoms with Crippen LogP contribution in [-0.2, 0) is 0 Å². The largest absolute Gasteiger partial charge is 0.456 e. The highest BCUT2D eigenvalue weighted by Gasteiger charge is 2.18. The minimum atomic E-state index is 0.627. The first-order valence-electron chi connectivity index (χ1n) is 17.8. The lowest BCUT2D eigenvalue weighted by Gasteiger charge is -2.13. The van der Waals surface area contributed by atoms with Crippen LogP contribution in [0.1, 0.15) is 0 Å². The molecule has 10 aromatic rings. The molecular formula is C49H31N3O. The molecule has 53 heavy (non-hydrogen) atoms. The van der Waals surface area contributed by atoms with Crippen LogP contribution in [0, 0.1) is 0 Å². The topological polar surface area (TPSA) is 51.8 Å². The van der Waals surface area contributed by atoms with Crippen molar-refractivity contribution in [1.29, 1.82) is 0 Å². The molecule has 4 nitrogen and oxygen atoms in total. The molecule has 0 spiro atoms. The van der Waals surface area contributed by atoms with Crippen LogP contribution < -0.4 is 0 Å². The lowest BCUT2D eigenvalue weighted by molar-refractivity contribution is 0.669. The van der Waals surface area contributed by atoms with Crippen molar-refractivity contribution in [1.82, 2.24) is 15.0 Å². The lowest BCUT2D eigenvalue weighted by atomic mass is 9.93. The fourth-order valence-corrected chi connectivity index (χ4v) is 7.38. The number of rotatable bonds is 6. The monoisotopic (exact) mass is 677 g/mol. The Morgan fingerprint density at radius 2 is 0.679 bits per heavy atom. The molecule has 8 aromatic carbocycles. The van der Waals surface area contributed by atoms with Crippen LogP contribution in [0.5, 0.6) is 0 Å². The Balaban J connectivity index is 1.08. The average Bonchev–Trinajstić information content (AvgIpc) is 3.63. The molecule has 0 saturated heterocycles. The van der Waals surface area contributed by atoms with Crippen molar-refractivity contribution in [3.8, 4) is 67.5 Å². The number of hydrogen-bond donors (Lipinski definition) is 0. The molecule has 0 radical (unpaired) electrons. The van der Waals surface area contributed by atoms with E-state index in [0.717, 1.165) is 71.7 Å². The number of aromatic nitrogens is 3. The second-order valence-electron chi connectivity index (χ2n) is 13.2. The van der Waals surface area contributed by atoms with E-state index in [2.05, 4.69) is 133 Å². The highest BCUT2D eigenvalue weighted by Crippen LogP contribution is 2.41. The molecule has 0 fully saturated rings. The first kappa shape index (κ1) is 30.6. The highest BCUT2D eigenvalue weighted by atomic mass is 16.3. The summed E-state index contributed by atoms with van der Waals surface area (Å²) in [4.78, 5) is 15.3. The number of para-hydroxylation sites is 1. The second-order valence-corrected chi connectivity index (χ2v) is 13.2. The summed E-state index contributed by atoms with van der Waals surface area (Å²) in [6, 6.07) is 65.2. The average molecular weight is 678 g/mol. The van der Waals surface area contributed by atoms with Crippen molar-refractivity contribution in [2.45, 2.75) is 0 Å². The molecule has 0 aliphatic rings. The lowest BCUT2D eigenvalue weighted by Crippen LogP contribution is -2.00. The molecule has 0 N–H and O–H groups in total. The van der Waals surface area contributed by atoms with Crippen molar-refractivity contribution >= 4 is 32.7 Å². The van der Waals surface area contributed by atoms with E-state index in [4.69, 9.17) is 19.4 Å². The Bertz CT molecular complexity index is 2910. The predicted octanol–water partition coefficient (Wildman–Crippen LogP) is 12.9. The number of fused-ring (bicyclic) bond motifs is 4. The van der Waals surface area contributed by atoms with Crippen molar-refractivity contribution in [2.75, 3.05) is 0 Å². The van der Waals surface area contributed by atoms with Gasteiger partial charge in [-0.2, -0.15) is 0 Å². The minimum absolute atomic E-state index is 0.627. The number of nitrogens with zero attached hydrogens (tertiary/aromatic N) is 3. The molecule has 4 heteroatoms. The van der Waals surface area contributed by atoms with Gasteiger partial charge >= 0.3 is 0 Å².